The van der Waals surface area contributed by atoms with E-state index in [1.54, 1.807) is 46.7 Å². The van der Waals surface area contributed by atoms with Crippen molar-refractivity contribution in [3.8, 4) is 5.75 Å². The summed E-state index contributed by atoms with van der Waals surface area (Å²) < 4.78 is 23.5. The Morgan fingerprint density at radius 2 is 1.94 bits per heavy atom. The number of aromatic nitrogens is 1. The lowest BCUT2D eigenvalue weighted by atomic mass is 10.1. The first-order valence-electron chi connectivity index (χ1n) is 11.2. The van der Waals surface area contributed by atoms with E-state index in [4.69, 9.17) is 18.6 Å². The molecule has 0 fully saturated rings. The number of ether oxygens (including phenoxy) is 3. The van der Waals surface area contributed by atoms with Crippen LogP contribution >= 0.6 is 0 Å². The summed E-state index contributed by atoms with van der Waals surface area (Å²) in [5, 5.41) is 0. The standard InChI is InChI=1S/C24H29N3O7/c1-15(18-6-5-11-33-18)25(3)23(29)21-17-7-8-26(24(30)22-16(2)32-12-13-34-22)9-10-27(17)20(28)14-19(21)31-4/h5-6,11,14-15H,7-10,12-13H2,1-4H3/t15-/m1/s1. The predicted octanol–water partition coefficient (Wildman–Crippen LogP) is 1.95. The van der Waals surface area contributed by atoms with Gasteiger partial charge < -0.3 is 33.0 Å². The van der Waals surface area contributed by atoms with Crippen LogP contribution in [0.1, 0.15) is 41.7 Å². The van der Waals surface area contributed by atoms with E-state index < -0.39 is 0 Å². The third-order valence-corrected chi connectivity index (χ3v) is 6.33. The summed E-state index contributed by atoms with van der Waals surface area (Å²) in [6, 6.07) is 4.56. The quantitative estimate of drug-likeness (QED) is 0.657. The van der Waals surface area contributed by atoms with Gasteiger partial charge in [-0.1, -0.05) is 0 Å². The minimum absolute atomic E-state index is 0.186. The maximum Gasteiger partial charge on any atom is 0.292 e. The van der Waals surface area contributed by atoms with Crippen LogP contribution in [0.2, 0.25) is 0 Å². The van der Waals surface area contributed by atoms with Crippen LogP contribution in [0.5, 0.6) is 5.75 Å². The normalized spacial score (nSPS) is 16.6. The Bertz CT molecular complexity index is 1170. The molecule has 2 aliphatic rings. The van der Waals surface area contributed by atoms with Gasteiger partial charge in [-0.2, -0.15) is 0 Å². The van der Waals surface area contributed by atoms with E-state index in [9.17, 15) is 14.4 Å². The van der Waals surface area contributed by atoms with Crippen molar-refractivity contribution in [2.75, 3.05) is 40.5 Å². The molecular weight excluding hydrogens is 442 g/mol. The molecule has 10 heteroatoms. The monoisotopic (exact) mass is 471 g/mol. The summed E-state index contributed by atoms with van der Waals surface area (Å²) in [7, 11) is 3.11. The third kappa shape index (κ3) is 4.27. The second-order valence-electron chi connectivity index (χ2n) is 8.26. The maximum absolute atomic E-state index is 13.6. The van der Waals surface area contributed by atoms with Gasteiger partial charge in [-0.25, -0.2) is 0 Å². The van der Waals surface area contributed by atoms with Crippen molar-refractivity contribution in [3.63, 3.8) is 0 Å². The highest BCUT2D eigenvalue weighted by Gasteiger charge is 2.32. The number of carbonyl (C=O) groups is 2. The molecule has 2 aromatic heterocycles. The second-order valence-corrected chi connectivity index (χ2v) is 8.26. The van der Waals surface area contributed by atoms with Gasteiger partial charge in [0.15, 0.2) is 0 Å². The zero-order valence-electron chi connectivity index (χ0n) is 19.8. The van der Waals surface area contributed by atoms with Gasteiger partial charge in [-0.05, 0) is 26.0 Å². The van der Waals surface area contributed by atoms with Crippen LogP contribution in [0.15, 0.2) is 45.2 Å². The summed E-state index contributed by atoms with van der Waals surface area (Å²) in [4.78, 5) is 42.8. The Kier molecular flexibility index (Phi) is 6.67. The molecule has 34 heavy (non-hydrogen) atoms. The number of nitrogens with zero attached hydrogens (tertiary/aromatic N) is 3. The van der Waals surface area contributed by atoms with Gasteiger partial charge in [0.2, 0.25) is 5.76 Å². The van der Waals surface area contributed by atoms with Gasteiger partial charge in [0.25, 0.3) is 17.4 Å². The third-order valence-electron chi connectivity index (χ3n) is 6.33. The molecule has 0 bridgehead atoms. The molecule has 0 radical (unpaired) electrons. The molecule has 2 aliphatic heterocycles. The number of rotatable bonds is 5. The fraction of sp³-hybridized carbons (Fsp3) is 0.458. The van der Waals surface area contributed by atoms with Gasteiger partial charge in [-0.3, -0.25) is 14.4 Å². The van der Waals surface area contributed by atoms with Crippen molar-refractivity contribution in [2.45, 2.75) is 32.9 Å². The Hall–Kier alpha value is -3.69. The van der Waals surface area contributed by atoms with Crippen molar-refractivity contribution in [1.82, 2.24) is 14.4 Å². The summed E-state index contributed by atoms with van der Waals surface area (Å²) in [6.07, 6.45) is 1.86. The first kappa shape index (κ1) is 23.5. The second kappa shape index (κ2) is 9.66. The number of pyridine rings is 1. The van der Waals surface area contributed by atoms with E-state index in [1.165, 1.54) is 13.2 Å². The number of amides is 2. The van der Waals surface area contributed by atoms with Crippen molar-refractivity contribution >= 4 is 11.8 Å². The summed E-state index contributed by atoms with van der Waals surface area (Å²) >= 11 is 0. The first-order valence-corrected chi connectivity index (χ1v) is 11.2. The number of fused-ring (bicyclic) bond motifs is 1. The number of furan rings is 1. The summed E-state index contributed by atoms with van der Waals surface area (Å²) in [5.74, 6) is 0.895. The van der Waals surface area contributed by atoms with Gasteiger partial charge in [0.1, 0.15) is 36.0 Å². The van der Waals surface area contributed by atoms with E-state index >= 15 is 0 Å². The van der Waals surface area contributed by atoms with Gasteiger partial charge in [0.05, 0.1) is 19.4 Å². The highest BCUT2D eigenvalue weighted by Crippen LogP contribution is 2.28. The van der Waals surface area contributed by atoms with Crippen LogP contribution in [0.4, 0.5) is 0 Å². The van der Waals surface area contributed by atoms with Crippen molar-refractivity contribution in [2.24, 2.45) is 0 Å². The number of allylic oxidation sites excluding steroid dienone is 1. The molecule has 4 rings (SSSR count). The van der Waals surface area contributed by atoms with Gasteiger partial charge in [0, 0.05) is 44.9 Å². The summed E-state index contributed by atoms with van der Waals surface area (Å²) in [5.41, 5.74) is 0.562. The predicted molar refractivity (Wildman–Crippen MR) is 121 cm³/mol. The number of methoxy groups -OCH3 is 1. The molecule has 0 spiro atoms. The molecule has 4 heterocycles. The van der Waals surface area contributed by atoms with Crippen LogP contribution in [-0.4, -0.2) is 66.6 Å². The van der Waals surface area contributed by atoms with Crippen LogP contribution < -0.4 is 10.3 Å². The molecule has 1 atom stereocenters. The van der Waals surface area contributed by atoms with Crippen molar-refractivity contribution < 1.29 is 28.2 Å². The van der Waals surface area contributed by atoms with E-state index in [0.29, 0.717) is 55.5 Å². The number of carbonyl (C=O) groups excluding carboxylic acids is 2. The lowest BCUT2D eigenvalue weighted by Gasteiger charge is -2.26. The van der Waals surface area contributed by atoms with Crippen LogP contribution in [-0.2, 0) is 27.2 Å². The highest BCUT2D eigenvalue weighted by atomic mass is 16.6. The molecule has 10 nitrogen and oxygen atoms in total. The van der Waals surface area contributed by atoms with Crippen LogP contribution in [0, 0.1) is 0 Å². The maximum atomic E-state index is 13.6. The topological polar surface area (TPSA) is 103 Å². The minimum atomic E-state index is -0.331. The van der Waals surface area contributed by atoms with E-state index in [0.717, 1.165) is 0 Å². The Balaban J connectivity index is 1.66. The fourth-order valence-electron chi connectivity index (χ4n) is 4.28. The molecule has 2 amide bonds. The average molecular weight is 472 g/mol. The molecule has 0 aromatic carbocycles. The summed E-state index contributed by atoms with van der Waals surface area (Å²) in [6.45, 7) is 5.12. The van der Waals surface area contributed by atoms with Crippen LogP contribution in [0.3, 0.4) is 0 Å². The molecule has 0 aliphatic carbocycles. The molecule has 0 N–H and O–H groups in total. The van der Waals surface area contributed by atoms with E-state index in [2.05, 4.69) is 0 Å². The van der Waals surface area contributed by atoms with Crippen LogP contribution in [0.25, 0.3) is 0 Å². The number of hydrogen-bond donors (Lipinski definition) is 0. The van der Waals surface area contributed by atoms with Gasteiger partial charge >= 0.3 is 0 Å². The fourth-order valence-corrected chi connectivity index (χ4v) is 4.28. The minimum Gasteiger partial charge on any atom is -0.496 e. The molecule has 182 valence electrons. The molecule has 0 saturated heterocycles. The van der Waals surface area contributed by atoms with E-state index in [-0.39, 0.29) is 41.5 Å². The zero-order chi connectivity index (χ0) is 24.4. The Morgan fingerprint density at radius 1 is 1.18 bits per heavy atom. The lowest BCUT2D eigenvalue weighted by molar-refractivity contribution is -0.132. The molecule has 2 aromatic rings. The van der Waals surface area contributed by atoms with E-state index in [1.807, 2.05) is 6.92 Å². The zero-order valence-corrected chi connectivity index (χ0v) is 19.8. The highest BCUT2D eigenvalue weighted by molar-refractivity contribution is 5.98. The Labute approximate surface area is 197 Å². The molecule has 0 unspecified atom stereocenters. The largest absolute Gasteiger partial charge is 0.496 e. The van der Waals surface area contributed by atoms with Crippen molar-refractivity contribution in [3.05, 3.63) is 63.4 Å². The van der Waals surface area contributed by atoms with Gasteiger partial charge in [-0.15, -0.1) is 0 Å². The number of hydrogen-bond acceptors (Lipinski definition) is 7. The Morgan fingerprint density at radius 3 is 2.62 bits per heavy atom. The average Bonchev–Trinajstić information content (AvgIpc) is 3.29. The van der Waals surface area contributed by atoms with Crippen molar-refractivity contribution in [1.29, 1.82) is 0 Å². The lowest BCUT2D eigenvalue weighted by Crippen LogP contribution is -2.37. The molecule has 0 saturated carbocycles. The molecular formula is C24H29N3O7. The first-order chi connectivity index (χ1) is 16.3. The SMILES string of the molecule is COc1cc(=O)n2c(c1C(=O)N(C)[C@H](C)c1ccco1)CCN(C(=O)C1=C(C)OCCO1)CC2. The smallest absolute Gasteiger partial charge is 0.292 e.